The smallest absolute Gasteiger partial charge is 0.158 e. The fraction of sp³-hybridized carbons (Fsp3) is 0.250. The van der Waals surface area contributed by atoms with Gasteiger partial charge < -0.3 is 9.72 Å². The van der Waals surface area contributed by atoms with Crippen LogP contribution in [0.25, 0.3) is 11.3 Å². The molecule has 0 unspecified atom stereocenters. The molecule has 0 aliphatic heterocycles. The number of aromatic amines is 1. The lowest BCUT2D eigenvalue weighted by Gasteiger charge is -2.02. The molecule has 0 atom stereocenters. The number of rotatable bonds is 4. The molecule has 0 fully saturated rings. The van der Waals surface area contributed by atoms with E-state index in [1.165, 1.54) is 11.1 Å². The average Bonchev–Trinajstić information content (AvgIpc) is 2.74. The highest BCUT2D eigenvalue weighted by Gasteiger charge is 1.99. The molecule has 0 saturated carbocycles. The highest BCUT2D eigenvalue weighted by atomic mass is 32.1. The first kappa shape index (κ1) is 11.5. The van der Waals surface area contributed by atoms with E-state index in [2.05, 4.69) is 29.2 Å². The molecule has 0 amide bonds. The van der Waals surface area contributed by atoms with Gasteiger partial charge in [0, 0.05) is 12.5 Å². The summed E-state index contributed by atoms with van der Waals surface area (Å²) < 4.78 is 5.86. The lowest BCUT2D eigenvalue weighted by molar-refractivity contribution is 0.202. The van der Waals surface area contributed by atoms with Gasteiger partial charge in [-0.05, 0) is 29.8 Å². The van der Waals surface area contributed by atoms with Crippen molar-refractivity contribution in [2.75, 3.05) is 13.7 Å². The van der Waals surface area contributed by atoms with Crippen LogP contribution in [0.2, 0.25) is 0 Å². The number of methoxy groups -OCH3 is 1. The zero-order chi connectivity index (χ0) is 11.4. The topological polar surface area (TPSA) is 25.0 Å². The highest BCUT2D eigenvalue weighted by molar-refractivity contribution is 7.73. The molecular weight excluding hydrogens is 238 g/mol. The molecule has 16 heavy (non-hydrogen) atoms. The molecule has 1 N–H and O–H groups in total. The van der Waals surface area contributed by atoms with Crippen LogP contribution in [0.1, 0.15) is 5.56 Å². The first-order valence-electron chi connectivity index (χ1n) is 5.05. The van der Waals surface area contributed by atoms with Gasteiger partial charge in [-0.15, -0.1) is 11.3 Å². The van der Waals surface area contributed by atoms with Crippen LogP contribution in [-0.2, 0) is 11.2 Å². The van der Waals surface area contributed by atoms with E-state index in [9.17, 15) is 0 Å². The number of aromatic nitrogens is 1. The molecule has 2 nitrogen and oxygen atoms in total. The largest absolute Gasteiger partial charge is 0.384 e. The number of ether oxygens (including phenoxy) is 1. The zero-order valence-corrected chi connectivity index (χ0v) is 10.7. The Labute approximate surface area is 104 Å². The van der Waals surface area contributed by atoms with Crippen molar-refractivity contribution in [3.63, 3.8) is 0 Å². The van der Waals surface area contributed by atoms with Crippen molar-refractivity contribution in [3.8, 4) is 11.3 Å². The number of nitrogens with one attached hydrogen (secondary N) is 1. The highest BCUT2D eigenvalue weighted by Crippen LogP contribution is 2.20. The van der Waals surface area contributed by atoms with Crippen LogP contribution in [0, 0.1) is 3.95 Å². The van der Waals surface area contributed by atoms with Crippen molar-refractivity contribution < 1.29 is 4.74 Å². The van der Waals surface area contributed by atoms with Gasteiger partial charge in [0.05, 0.1) is 12.3 Å². The molecule has 1 aromatic carbocycles. The third-order valence-corrected chi connectivity index (χ3v) is 3.44. The summed E-state index contributed by atoms with van der Waals surface area (Å²) >= 11 is 6.62. The summed E-state index contributed by atoms with van der Waals surface area (Å²) in [4.78, 5) is 3.16. The van der Waals surface area contributed by atoms with Crippen molar-refractivity contribution in [1.82, 2.24) is 4.98 Å². The summed E-state index contributed by atoms with van der Waals surface area (Å²) in [5, 5.41) is 2.05. The van der Waals surface area contributed by atoms with Gasteiger partial charge in [-0.3, -0.25) is 0 Å². The molecule has 2 aromatic rings. The lowest BCUT2D eigenvalue weighted by Crippen LogP contribution is -1.93. The molecule has 0 aliphatic rings. The Hall–Kier alpha value is -0.970. The van der Waals surface area contributed by atoms with E-state index in [4.69, 9.17) is 17.0 Å². The SMILES string of the molecule is COCCc1ccc(-c2csc(=S)[nH]2)cc1. The van der Waals surface area contributed by atoms with E-state index >= 15 is 0 Å². The molecule has 1 heterocycles. The van der Waals surface area contributed by atoms with Crippen LogP contribution < -0.4 is 0 Å². The third-order valence-electron chi connectivity index (χ3n) is 2.38. The fourth-order valence-electron chi connectivity index (χ4n) is 1.49. The van der Waals surface area contributed by atoms with Crippen molar-refractivity contribution in [3.05, 3.63) is 39.2 Å². The first-order valence-corrected chi connectivity index (χ1v) is 6.34. The minimum absolute atomic E-state index is 0.764. The van der Waals surface area contributed by atoms with E-state index in [1.54, 1.807) is 18.4 Å². The molecule has 0 radical (unpaired) electrons. The third kappa shape index (κ3) is 2.78. The van der Waals surface area contributed by atoms with E-state index in [0.29, 0.717) is 0 Å². The van der Waals surface area contributed by atoms with E-state index in [-0.39, 0.29) is 0 Å². The van der Waals surface area contributed by atoms with Gasteiger partial charge >= 0.3 is 0 Å². The van der Waals surface area contributed by atoms with Crippen molar-refractivity contribution >= 4 is 23.6 Å². The Morgan fingerprint density at radius 3 is 2.62 bits per heavy atom. The van der Waals surface area contributed by atoms with Crippen molar-refractivity contribution in [2.45, 2.75) is 6.42 Å². The first-order chi connectivity index (χ1) is 7.79. The molecule has 0 saturated heterocycles. The molecule has 4 heteroatoms. The maximum Gasteiger partial charge on any atom is 0.158 e. The van der Waals surface area contributed by atoms with Crippen LogP contribution in [-0.4, -0.2) is 18.7 Å². The molecule has 84 valence electrons. The van der Waals surface area contributed by atoms with Crippen molar-refractivity contribution in [1.29, 1.82) is 0 Å². The summed E-state index contributed by atoms with van der Waals surface area (Å²) in [6.45, 7) is 0.764. The summed E-state index contributed by atoms with van der Waals surface area (Å²) in [6.07, 6.45) is 0.955. The molecule has 0 aliphatic carbocycles. The Morgan fingerprint density at radius 1 is 1.31 bits per heavy atom. The summed E-state index contributed by atoms with van der Waals surface area (Å²) in [5.41, 5.74) is 3.56. The maximum absolute atomic E-state index is 5.06. The van der Waals surface area contributed by atoms with Gasteiger partial charge in [-0.2, -0.15) is 0 Å². The predicted octanol–water partition coefficient (Wildman–Crippen LogP) is 3.66. The van der Waals surface area contributed by atoms with Gasteiger partial charge in [0.15, 0.2) is 3.95 Å². The van der Waals surface area contributed by atoms with Crippen LogP contribution in [0.5, 0.6) is 0 Å². The number of H-pyrrole nitrogens is 1. The number of thiazole rings is 1. The van der Waals surface area contributed by atoms with Gasteiger partial charge in [0.25, 0.3) is 0 Å². The Bertz CT molecular complexity index is 498. The molecule has 1 aromatic heterocycles. The summed E-state index contributed by atoms with van der Waals surface area (Å²) in [5.74, 6) is 0. The second kappa shape index (κ2) is 5.39. The summed E-state index contributed by atoms with van der Waals surface area (Å²) in [6, 6.07) is 8.47. The van der Waals surface area contributed by atoms with Crippen LogP contribution >= 0.6 is 23.6 Å². The maximum atomic E-state index is 5.06. The zero-order valence-electron chi connectivity index (χ0n) is 9.03. The van der Waals surface area contributed by atoms with Gasteiger partial charge in [0.2, 0.25) is 0 Å². The minimum atomic E-state index is 0.764. The predicted molar refractivity (Wildman–Crippen MR) is 70.5 cm³/mol. The van der Waals surface area contributed by atoms with E-state index < -0.39 is 0 Å². The number of hydrogen-bond donors (Lipinski definition) is 1. The molecule has 0 bridgehead atoms. The standard InChI is InChI=1S/C12H13NOS2/c1-14-7-6-9-2-4-10(5-3-9)11-8-16-12(15)13-11/h2-5,8H,6-7H2,1H3,(H,13,15). The fourth-order valence-corrected chi connectivity index (χ4v) is 2.34. The average molecular weight is 251 g/mol. The Morgan fingerprint density at radius 2 is 2.06 bits per heavy atom. The quantitative estimate of drug-likeness (QED) is 0.839. The Balaban J connectivity index is 2.16. The second-order valence-corrected chi connectivity index (χ2v) is 5.05. The van der Waals surface area contributed by atoms with Crippen LogP contribution in [0.15, 0.2) is 29.6 Å². The molecule has 0 spiro atoms. The number of benzene rings is 1. The lowest BCUT2D eigenvalue weighted by atomic mass is 10.1. The van der Waals surface area contributed by atoms with E-state index in [1.807, 2.05) is 5.38 Å². The second-order valence-electron chi connectivity index (χ2n) is 3.50. The molecular formula is C12H13NOS2. The van der Waals surface area contributed by atoms with Crippen LogP contribution in [0.4, 0.5) is 0 Å². The number of hydrogen-bond acceptors (Lipinski definition) is 3. The Kier molecular flexibility index (Phi) is 3.88. The summed E-state index contributed by atoms with van der Waals surface area (Å²) in [7, 11) is 1.72. The monoisotopic (exact) mass is 251 g/mol. The normalized spacial score (nSPS) is 10.6. The van der Waals surface area contributed by atoms with Crippen molar-refractivity contribution in [2.24, 2.45) is 0 Å². The van der Waals surface area contributed by atoms with Crippen LogP contribution in [0.3, 0.4) is 0 Å². The minimum Gasteiger partial charge on any atom is -0.384 e. The van der Waals surface area contributed by atoms with Gasteiger partial charge in [-0.25, -0.2) is 0 Å². The molecule has 2 rings (SSSR count). The van der Waals surface area contributed by atoms with E-state index in [0.717, 1.165) is 22.7 Å². The van der Waals surface area contributed by atoms with Gasteiger partial charge in [0.1, 0.15) is 0 Å². The van der Waals surface area contributed by atoms with Gasteiger partial charge in [-0.1, -0.05) is 24.3 Å².